The summed E-state index contributed by atoms with van der Waals surface area (Å²) < 4.78 is 27.5. The van der Waals surface area contributed by atoms with Crippen LogP contribution in [0.3, 0.4) is 0 Å². The molecular weight excluding hydrogens is 360 g/mol. The predicted octanol–water partition coefficient (Wildman–Crippen LogP) is 0.709. The molecule has 2 N–H and O–H groups in total. The Morgan fingerprint density at radius 1 is 1.32 bits per heavy atom. The molecule has 0 aliphatic carbocycles. The van der Waals surface area contributed by atoms with Gasteiger partial charge in [0.2, 0.25) is 10.0 Å². The van der Waals surface area contributed by atoms with Gasteiger partial charge in [0.05, 0.1) is 9.90 Å². The Hall–Kier alpha value is -1.81. The third-order valence-corrected chi connectivity index (χ3v) is 6.21. The van der Waals surface area contributed by atoms with Gasteiger partial charge in [0, 0.05) is 56.3 Å². The lowest BCUT2D eigenvalue weighted by Crippen LogP contribution is -2.46. The van der Waals surface area contributed by atoms with Crippen molar-refractivity contribution in [2.75, 3.05) is 32.7 Å². The lowest BCUT2D eigenvalue weighted by molar-refractivity contribution is 0.0735. The second-order valence-electron chi connectivity index (χ2n) is 5.64. The molecule has 2 heterocycles. The maximum atomic E-state index is 12.5. The fraction of sp³-hybridized carbons (Fsp3) is 0.375. The highest BCUT2D eigenvalue weighted by atomic mass is 32.2. The van der Waals surface area contributed by atoms with Crippen molar-refractivity contribution in [2.24, 2.45) is 0 Å². The van der Waals surface area contributed by atoms with Gasteiger partial charge in [-0.3, -0.25) is 4.79 Å². The van der Waals surface area contributed by atoms with E-state index in [1.807, 2.05) is 5.38 Å². The molecule has 2 aromatic rings. The van der Waals surface area contributed by atoms with Crippen LogP contribution < -0.4 is 10.0 Å². The van der Waals surface area contributed by atoms with Gasteiger partial charge in [-0.2, -0.15) is 0 Å². The maximum absolute atomic E-state index is 12.5. The number of piperazine rings is 1. The molecule has 1 saturated heterocycles. The van der Waals surface area contributed by atoms with Crippen LogP contribution in [0.25, 0.3) is 0 Å². The van der Waals surface area contributed by atoms with Gasteiger partial charge in [-0.25, -0.2) is 18.1 Å². The number of hydrogen-bond acceptors (Lipinski definition) is 6. The first kappa shape index (κ1) is 18.0. The van der Waals surface area contributed by atoms with Crippen molar-refractivity contribution >= 4 is 27.3 Å². The fourth-order valence-electron chi connectivity index (χ4n) is 2.60. The summed E-state index contributed by atoms with van der Waals surface area (Å²) >= 11 is 1.49. The number of rotatable bonds is 6. The first-order valence-corrected chi connectivity index (χ1v) is 10.4. The average molecular weight is 380 g/mol. The van der Waals surface area contributed by atoms with Gasteiger partial charge in [-0.05, 0) is 18.2 Å². The van der Waals surface area contributed by atoms with Crippen LogP contribution in [0.1, 0.15) is 15.4 Å². The van der Waals surface area contributed by atoms with Gasteiger partial charge in [-0.15, -0.1) is 11.3 Å². The molecule has 0 unspecified atom stereocenters. The summed E-state index contributed by atoms with van der Waals surface area (Å²) in [7, 11) is -3.66. The number of nitrogens with one attached hydrogen (secondary N) is 2. The second kappa shape index (κ2) is 8.05. The van der Waals surface area contributed by atoms with E-state index >= 15 is 0 Å². The smallest absolute Gasteiger partial charge is 0.253 e. The Balaban J connectivity index is 1.67. The number of thiazole rings is 1. The largest absolute Gasteiger partial charge is 0.336 e. The number of nitrogens with zero attached hydrogens (tertiary/aromatic N) is 2. The molecule has 3 rings (SSSR count). The zero-order valence-electron chi connectivity index (χ0n) is 13.6. The maximum Gasteiger partial charge on any atom is 0.253 e. The number of benzene rings is 1. The first-order valence-electron chi connectivity index (χ1n) is 8.04. The van der Waals surface area contributed by atoms with E-state index in [9.17, 15) is 13.2 Å². The minimum Gasteiger partial charge on any atom is -0.336 e. The molecule has 25 heavy (non-hydrogen) atoms. The highest BCUT2D eigenvalue weighted by Crippen LogP contribution is 2.14. The van der Waals surface area contributed by atoms with Crippen LogP contribution in [0, 0.1) is 0 Å². The second-order valence-corrected chi connectivity index (χ2v) is 8.39. The summed E-state index contributed by atoms with van der Waals surface area (Å²) in [5, 5.41) is 5.92. The molecule has 0 saturated carbocycles. The highest BCUT2D eigenvalue weighted by Gasteiger charge is 2.20. The van der Waals surface area contributed by atoms with E-state index in [4.69, 9.17) is 0 Å². The molecule has 0 spiro atoms. The van der Waals surface area contributed by atoms with Crippen LogP contribution in [0.15, 0.2) is 40.7 Å². The molecular formula is C16H20N4O3S2. The Morgan fingerprint density at radius 3 is 2.84 bits per heavy atom. The van der Waals surface area contributed by atoms with Gasteiger partial charge >= 0.3 is 0 Å². The number of aromatic nitrogens is 1. The van der Waals surface area contributed by atoms with Gasteiger partial charge in [0.15, 0.2) is 0 Å². The third kappa shape index (κ3) is 4.63. The quantitative estimate of drug-likeness (QED) is 0.770. The molecule has 0 radical (unpaired) electrons. The summed E-state index contributed by atoms with van der Waals surface area (Å²) in [4.78, 5) is 18.5. The lowest BCUT2D eigenvalue weighted by atomic mass is 10.2. The molecule has 134 valence electrons. The summed E-state index contributed by atoms with van der Waals surface area (Å²) in [5.41, 5.74) is 0.393. The van der Waals surface area contributed by atoms with Crippen molar-refractivity contribution < 1.29 is 13.2 Å². The highest BCUT2D eigenvalue weighted by molar-refractivity contribution is 7.89. The summed E-state index contributed by atoms with van der Waals surface area (Å²) in [6.45, 7) is 3.03. The lowest BCUT2D eigenvalue weighted by Gasteiger charge is -2.27. The Kier molecular flexibility index (Phi) is 5.79. The third-order valence-electron chi connectivity index (χ3n) is 3.91. The Bertz CT molecular complexity index is 816. The molecule has 0 bridgehead atoms. The van der Waals surface area contributed by atoms with Crippen molar-refractivity contribution in [3.63, 3.8) is 0 Å². The minimum absolute atomic E-state index is 0.104. The Labute approximate surface area is 151 Å². The SMILES string of the molecule is O=C(c1cccc(S(=O)(=O)NCCc2nccs2)c1)N1CCNCC1. The molecule has 1 aliphatic heterocycles. The van der Waals surface area contributed by atoms with Crippen LogP contribution in [-0.2, 0) is 16.4 Å². The standard InChI is InChI=1S/C16H20N4O3S2/c21-16(20-9-6-17-7-10-20)13-2-1-3-14(12-13)25(22,23)19-5-4-15-18-8-11-24-15/h1-3,8,11-12,17,19H,4-7,9-10H2. The average Bonchev–Trinajstić information content (AvgIpc) is 3.15. The van der Waals surface area contributed by atoms with E-state index in [-0.39, 0.29) is 17.3 Å². The summed E-state index contributed by atoms with van der Waals surface area (Å²) in [6.07, 6.45) is 2.23. The number of amides is 1. The Morgan fingerprint density at radius 2 is 2.12 bits per heavy atom. The van der Waals surface area contributed by atoms with Gasteiger partial charge < -0.3 is 10.2 Å². The molecule has 7 nitrogen and oxygen atoms in total. The van der Waals surface area contributed by atoms with Crippen LogP contribution >= 0.6 is 11.3 Å². The zero-order valence-corrected chi connectivity index (χ0v) is 15.3. The molecule has 1 aromatic carbocycles. The van der Waals surface area contributed by atoms with Crippen molar-refractivity contribution in [3.05, 3.63) is 46.4 Å². The van der Waals surface area contributed by atoms with Crippen LogP contribution in [0.5, 0.6) is 0 Å². The van der Waals surface area contributed by atoms with Crippen LogP contribution in [0.2, 0.25) is 0 Å². The van der Waals surface area contributed by atoms with E-state index in [1.165, 1.54) is 23.5 Å². The molecule has 1 fully saturated rings. The fourth-order valence-corrected chi connectivity index (χ4v) is 4.30. The van der Waals surface area contributed by atoms with E-state index in [0.717, 1.165) is 18.1 Å². The van der Waals surface area contributed by atoms with Gasteiger partial charge in [-0.1, -0.05) is 6.07 Å². The zero-order chi connectivity index (χ0) is 17.7. The minimum atomic E-state index is -3.66. The predicted molar refractivity (Wildman–Crippen MR) is 96.2 cm³/mol. The van der Waals surface area contributed by atoms with Crippen molar-refractivity contribution in [1.82, 2.24) is 19.9 Å². The van der Waals surface area contributed by atoms with Crippen LogP contribution in [0.4, 0.5) is 0 Å². The molecule has 1 aliphatic rings. The number of sulfonamides is 1. The van der Waals surface area contributed by atoms with Gasteiger partial charge in [0.1, 0.15) is 0 Å². The topological polar surface area (TPSA) is 91.4 Å². The van der Waals surface area contributed by atoms with Crippen molar-refractivity contribution in [3.8, 4) is 0 Å². The van der Waals surface area contributed by atoms with Gasteiger partial charge in [0.25, 0.3) is 5.91 Å². The van der Waals surface area contributed by atoms with E-state index < -0.39 is 10.0 Å². The number of carbonyl (C=O) groups is 1. The van der Waals surface area contributed by atoms with E-state index in [1.54, 1.807) is 23.2 Å². The van der Waals surface area contributed by atoms with E-state index in [2.05, 4.69) is 15.0 Å². The van der Waals surface area contributed by atoms with Crippen LogP contribution in [-0.4, -0.2) is 56.9 Å². The molecule has 0 atom stereocenters. The van der Waals surface area contributed by atoms with Crippen molar-refractivity contribution in [1.29, 1.82) is 0 Å². The first-order chi connectivity index (χ1) is 12.1. The van der Waals surface area contributed by atoms with Crippen molar-refractivity contribution in [2.45, 2.75) is 11.3 Å². The normalized spacial score (nSPS) is 15.3. The molecule has 9 heteroatoms. The molecule has 1 amide bonds. The number of hydrogen-bond donors (Lipinski definition) is 2. The van der Waals surface area contributed by atoms with E-state index in [0.29, 0.717) is 25.1 Å². The molecule has 1 aromatic heterocycles. The number of carbonyl (C=O) groups excluding carboxylic acids is 1. The monoisotopic (exact) mass is 380 g/mol. The summed E-state index contributed by atoms with van der Waals surface area (Å²) in [5.74, 6) is -0.138. The summed E-state index contributed by atoms with van der Waals surface area (Å²) in [6, 6.07) is 6.19.